The Morgan fingerprint density at radius 2 is 1.91 bits per heavy atom. The van der Waals surface area contributed by atoms with Crippen molar-refractivity contribution in [3.8, 4) is 5.88 Å². The van der Waals surface area contributed by atoms with Crippen molar-refractivity contribution in [3.05, 3.63) is 65.9 Å². The molecule has 0 aliphatic carbocycles. The van der Waals surface area contributed by atoms with E-state index >= 15 is 0 Å². The van der Waals surface area contributed by atoms with Crippen molar-refractivity contribution in [2.45, 2.75) is 12.8 Å². The van der Waals surface area contributed by atoms with E-state index in [0.717, 1.165) is 6.20 Å². The van der Waals surface area contributed by atoms with Crippen LogP contribution < -0.4 is 4.74 Å². The zero-order valence-electron chi connectivity index (χ0n) is 11.8. The summed E-state index contributed by atoms with van der Waals surface area (Å²) < 4.78 is 44.5. The quantitative estimate of drug-likeness (QED) is 0.851. The summed E-state index contributed by atoms with van der Waals surface area (Å²) in [5, 5.41) is 8.81. The third-order valence-corrected chi connectivity index (χ3v) is 2.98. The van der Waals surface area contributed by atoms with Crippen molar-refractivity contribution >= 4 is 11.5 Å². The van der Waals surface area contributed by atoms with Crippen LogP contribution in [0.25, 0.3) is 5.57 Å². The van der Waals surface area contributed by atoms with Crippen LogP contribution in [0.15, 0.2) is 49.2 Å². The summed E-state index contributed by atoms with van der Waals surface area (Å²) >= 11 is 0. The molecule has 0 aliphatic heterocycles. The first kappa shape index (κ1) is 16.5. The molecule has 7 heteroatoms. The van der Waals surface area contributed by atoms with Crippen LogP contribution >= 0.6 is 0 Å². The fraction of sp³-hybridized carbons (Fsp3) is 0.125. The second kappa shape index (κ2) is 6.51. The van der Waals surface area contributed by atoms with Gasteiger partial charge >= 0.3 is 12.1 Å². The molecule has 0 spiro atoms. The monoisotopic (exact) mass is 323 g/mol. The van der Waals surface area contributed by atoms with E-state index in [2.05, 4.69) is 11.6 Å². The number of hydrogen-bond acceptors (Lipinski definition) is 3. The molecule has 2 aromatic rings. The number of aromatic nitrogens is 1. The van der Waals surface area contributed by atoms with Crippen LogP contribution in [0.2, 0.25) is 0 Å². The van der Waals surface area contributed by atoms with E-state index in [1.54, 1.807) is 30.3 Å². The van der Waals surface area contributed by atoms with Gasteiger partial charge in [-0.1, -0.05) is 36.9 Å². The van der Waals surface area contributed by atoms with Gasteiger partial charge in [0, 0.05) is 11.8 Å². The number of pyridine rings is 1. The number of benzene rings is 1. The highest BCUT2D eigenvalue weighted by atomic mass is 19.4. The van der Waals surface area contributed by atoms with Gasteiger partial charge in [0.25, 0.3) is 0 Å². The molecule has 0 saturated heterocycles. The molecule has 1 aromatic carbocycles. The van der Waals surface area contributed by atoms with Crippen LogP contribution in [-0.2, 0) is 17.6 Å². The first-order valence-corrected chi connectivity index (χ1v) is 6.45. The lowest BCUT2D eigenvalue weighted by atomic mass is 10.1. The lowest BCUT2D eigenvalue weighted by Gasteiger charge is -2.14. The van der Waals surface area contributed by atoms with Crippen LogP contribution in [0, 0.1) is 0 Å². The Bertz CT molecular complexity index is 727. The van der Waals surface area contributed by atoms with Crippen molar-refractivity contribution in [2.24, 2.45) is 0 Å². The number of ether oxygens (including phenoxy) is 1. The van der Waals surface area contributed by atoms with E-state index < -0.39 is 29.2 Å². The maximum absolute atomic E-state index is 13.1. The summed E-state index contributed by atoms with van der Waals surface area (Å²) in [6.45, 7) is 3.14. The molecule has 0 unspecified atom stereocenters. The number of carboxylic acids is 1. The van der Waals surface area contributed by atoms with Crippen molar-refractivity contribution in [3.63, 3.8) is 0 Å². The molecule has 23 heavy (non-hydrogen) atoms. The van der Waals surface area contributed by atoms with Crippen molar-refractivity contribution in [1.82, 2.24) is 4.98 Å². The summed E-state index contributed by atoms with van der Waals surface area (Å²) in [7, 11) is 0. The van der Waals surface area contributed by atoms with Crippen molar-refractivity contribution < 1.29 is 27.8 Å². The third-order valence-electron chi connectivity index (χ3n) is 2.98. The molecule has 0 aliphatic rings. The molecule has 120 valence electrons. The zero-order chi connectivity index (χ0) is 17.0. The van der Waals surface area contributed by atoms with Gasteiger partial charge in [-0.05, 0) is 11.6 Å². The number of halogens is 3. The summed E-state index contributed by atoms with van der Waals surface area (Å²) in [5.74, 6) is -2.03. The minimum absolute atomic E-state index is 0.0872. The van der Waals surface area contributed by atoms with Crippen LogP contribution in [0.4, 0.5) is 13.2 Å². The number of hydrogen-bond donors (Lipinski definition) is 1. The molecular weight excluding hydrogens is 311 g/mol. The Hall–Kier alpha value is -2.83. The second-order valence-electron chi connectivity index (χ2n) is 4.63. The van der Waals surface area contributed by atoms with Gasteiger partial charge in [-0.3, -0.25) is 0 Å². The Balaban J connectivity index is 2.32. The maximum atomic E-state index is 13.1. The molecular formula is C16H12F3NO3. The SMILES string of the molecule is C=C(C(=O)O)c1cnc(OCc2ccccc2)c(C(F)(F)F)c1. The van der Waals surface area contributed by atoms with E-state index in [1.165, 1.54) is 0 Å². The molecule has 1 N–H and O–H groups in total. The molecule has 0 bridgehead atoms. The lowest BCUT2D eigenvalue weighted by molar-refractivity contribution is -0.139. The topological polar surface area (TPSA) is 59.4 Å². The Kier molecular flexibility index (Phi) is 4.68. The van der Waals surface area contributed by atoms with E-state index in [-0.39, 0.29) is 12.2 Å². The third kappa shape index (κ3) is 4.09. The fourth-order valence-corrected chi connectivity index (χ4v) is 1.78. The number of carboxylic acid groups (broad SMARTS) is 1. The molecule has 0 atom stereocenters. The average Bonchev–Trinajstić information content (AvgIpc) is 2.52. The molecule has 1 heterocycles. The fourth-order valence-electron chi connectivity index (χ4n) is 1.78. The van der Waals surface area contributed by atoms with Crippen LogP contribution in [-0.4, -0.2) is 16.1 Å². The largest absolute Gasteiger partial charge is 0.478 e. The van der Waals surface area contributed by atoms with Crippen LogP contribution in [0.5, 0.6) is 5.88 Å². The van der Waals surface area contributed by atoms with E-state index in [9.17, 15) is 18.0 Å². The normalized spacial score (nSPS) is 11.1. The predicted octanol–water partition coefficient (Wildman–Crippen LogP) is 3.78. The van der Waals surface area contributed by atoms with E-state index in [1.807, 2.05) is 0 Å². The first-order valence-electron chi connectivity index (χ1n) is 6.45. The van der Waals surface area contributed by atoms with Gasteiger partial charge in [-0.25, -0.2) is 9.78 Å². The summed E-state index contributed by atoms with van der Waals surface area (Å²) in [5.41, 5.74) is -1.16. The Labute approximate surface area is 129 Å². The Morgan fingerprint density at radius 3 is 2.48 bits per heavy atom. The highest BCUT2D eigenvalue weighted by molar-refractivity contribution is 6.14. The van der Waals surface area contributed by atoms with Gasteiger partial charge in [-0.15, -0.1) is 0 Å². The molecule has 2 rings (SSSR count). The summed E-state index contributed by atoms with van der Waals surface area (Å²) in [6.07, 6.45) is -3.74. The summed E-state index contributed by atoms with van der Waals surface area (Å²) in [4.78, 5) is 14.4. The van der Waals surface area contributed by atoms with E-state index in [0.29, 0.717) is 11.6 Å². The average molecular weight is 323 g/mol. The maximum Gasteiger partial charge on any atom is 0.421 e. The summed E-state index contributed by atoms with van der Waals surface area (Å²) in [6, 6.07) is 9.31. The second-order valence-corrected chi connectivity index (χ2v) is 4.63. The molecule has 0 saturated carbocycles. The molecule has 0 amide bonds. The number of carbonyl (C=O) groups is 1. The molecule has 0 radical (unpaired) electrons. The molecule has 0 fully saturated rings. The van der Waals surface area contributed by atoms with Gasteiger partial charge in [0.15, 0.2) is 0 Å². The lowest BCUT2D eigenvalue weighted by Crippen LogP contribution is -2.12. The van der Waals surface area contributed by atoms with Gasteiger partial charge in [-0.2, -0.15) is 13.2 Å². The number of rotatable bonds is 5. The van der Waals surface area contributed by atoms with Gasteiger partial charge in [0.1, 0.15) is 12.2 Å². The van der Waals surface area contributed by atoms with Crippen molar-refractivity contribution in [1.29, 1.82) is 0 Å². The van der Waals surface area contributed by atoms with E-state index in [4.69, 9.17) is 9.84 Å². The van der Waals surface area contributed by atoms with Gasteiger partial charge < -0.3 is 9.84 Å². The Morgan fingerprint density at radius 1 is 1.26 bits per heavy atom. The van der Waals surface area contributed by atoms with Crippen molar-refractivity contribution in [2.75, 3.05) is 0 Å². The molecule has 1 aromatic heterocycles. The highest BCUT2D eigenvalue weighted by Crippen LogP contribution is 2.36. The minimum Gasteiger partial charge on any atom is -0.478 e. The number of nitrogens with zero attached hydrogens (tertiary/aromatic N) is 1. The van der Waals surface area contributed by atoms with Crippen LogP contribution in [0.3, 0.4) is 0 Å². The smallest absolute Gasteiger partial charge is 0.421 e. The number of alkyl halides is 3. The van der Waals surface area contributed by atoms with Crippen LogP contribution in [0.1, 0.15) is 16.7 Å². The zero-order valence-corrected chi connectivity index (χ0v) is 11.8. The standard InChI is InChI=1S/C16H12F3NO3/c1-10(15(21)22)12-7-13(16(17,18)19)14(20-8-12)23-9-11-5-3-2-4-6-11/h2-8H,1,9H2,(H,21,22). The minimum atomic E-state index is -4.73. The molecule has 4 nitrogen and oxygen atoms in total. The van der Waals surface area contributed by atoms with Gasteiger partial charge in [0.05, 0.1) is 5.57 Å². The highest BCUT2D eigenvalue weighted by Gasteiger charge is 2.36. The number of aliphatic carboxylic acids is 1. The first-order chi connectivity index (χ1) is 10.8. The predicted molar refractivity (Wildman–Crippen MR) is 76.7 cm³/mol. The van der Waals surface area contributed by atoms with Gasteiger partial charge in [0.2, 0.25) is 5.88 Å².